The zero-order valence-electron chi connectivity index (χ0n) is 11.3. The van der Waals surface area contributed by atoms with Gasteiger partial charge in [-0.05, 0) is 25.7 Å². The molecule has 2 saturated carbocycles. The summed E-state index contributed by atoms with van der Waals surface area (Å²) in [4.78, 5) is 37.8. The molecule has 4 heteroatoms. The van der Waals surface area contributed by atoms with Gasteiger partial charge in [-0.25, -0.2) is 0 Å². The minimum Gasteiger partial charge on any atom is -0.300 e. The molecular weight excluding hydrogens is 242 g/mol. The first-order chi connectivity index (χ1) is 9.12. The highest BCUT2D eigenvalue weighted by atomic mass is 16.2. The van der Waals surface area contributed by atoms with Gasteiger partial charge in [-0.2, -0.15) is 0 Å². The summed E-state index contributed by atoms with van der Waals surface area (Å²) in [5.41, 5.74) is -0.378. The van der Waals surface area contributed by atoms with Crippen LogP contribution in [0, 0.1) is 5.41 Å². The number of carbonyl (C=O) groups is 3. The van der Waals surface area contributed by atoms with Gasteiger partial charge in [-0.1, -0.05) is 19.3 Å². The molecule has 0 aromatic carbocycles. The number of rotatable bonds is 1. The van der Waals surface area contributed by atoms with Crippen molar-refractivity contribution >= 4 is 17.6 Å². The Morgan fingerprint density at radius 1 is 0.947 bits per heavy atom. The Balaban J connectivity index is 1.77. The Morgan fingerprint density at radius 2 is 1.58 bits per heavy atom. The van der Waals surface area contributed by atoms with Gasteiger partial charge >= 0.3 is 0 Å². The molecular formula is C15H21NO3. The lowest BCUT2D eigenvalue weighted by atomic mass is 9.73. The number of nitrogens with zero attached hydrogens (tertiary/aromatic N) is 1. The van der Waals surface area contributed by atoms with Gasteiger partial charge in [-0.3, -0.25) is 19.3 Å². The average Bonchev–Trinajstić information content (AvgIpc) is 2.64. The van der Waals surface area contributed by atoms with Crippen molar-refractivity contribution in [1.29, 1.82) is 0 Å². The predicted octanol–water partition coefficient (Wildman–Crippen LogP) is 2.21. The van der Waals surface area contributed by atoms with Gasteiger partial charge in [0.15, 0.2) is 0 Å². The molecule has 0 aromatic heterocycles. The van der Waals surface area contributed by atoms with Crippen LogP contribution in [-0.4, -0.2) is 28.5 Å². The van der Waals surface area contributed by atoms with E-state index in [9.17, 15) is 14.4 Å². The van der Waals surface area contributed by atoms with Gasteiger partial charge in [0.25, 0.3) is 0 Å². The lowest BCUT2D eigenvalue weighted by molar-refractivity contribution is -0.146. The van der Waals surface area contributed by atoms with Gasteiger partial charge in [0.05, 0.1) is 5.41 Å². The van der Waals surface area contributed by atoms with Crippen LogP contribution >= 0.6 is 0 Å². The van der Waals surface area contributed by atoms with Crippen LogP contribution in [0.25, 0.3) is 0 Å². The van der Waals surface area contributed by atoms with E-state index in [1.165, 1.54) is 11.3 Å². The maximum Gasteiger partial charge on any atom is 0.236 e. The van der Waals surface area contributed by atoms with E-state index in [2.05, 4.69) is 0 Å². The molecule has 3 rings (SSSR count). The lowest BCUT2D eigenvalue weighted by Crippen LogP contribution is -2.44. The van der Waals surface area contributed by atoms with Crippen molar-refractivity contribution in [3.63, 3.8) is 0 Å². The Hall–Kier alpha value is -1.19. The predicted molar refractivity (Wildman–Crippen MR) is 69.3 cm³/mol. The molecule has 104 valence electrons. The van der Waals surface area contributed by atoms with Gasteiger partial charge in [-0.15, -0.1) is 0 Å². The number of carbonyl (C=O) groups excluding carboxylic acids is 3. The Bertz CT molecular complexity index is 413. The standard InChI is InChI=1S/C15H21NO3/c17-12-6-4-11(5-7-12)16-13(18)10-15(14(16)19)8-2-1-3-9-15/h11H,1-10H2. The second-order valence-electron chi connectivity index (χ2n) is 6.36. The molecule has 0 atom stereocenters. The van der Waals surface area contributed by atoms with Crippen molar-refractivity contribution < 1.29 is 14.4 Å². The van der Waals surface area contributed by atoms with Crippen molar-refractivity contribution in [3.8, 4) is 0 Å². The molecule has 0 aromatic rings. The number of hydrogen-bond donors (Lipinski definition) is 0. The number of likely N-dealkylation sites (tertiary alicyclic amines) is 1. The smallest absolute Gasteiger partial charge is 0.236 e. The molecule has 3 aliphatic rings. The number of Topliss-reactive ketones (excluding diaryl/α,β-unsaturated/α-hetero) is 1. The fraction of sp³-hybridized carbons (Fsp3) is 0.800. The SMILES string of the molecule is O=C1CCC(N2C(=O)CC3(CCCCC3)C2=O)CC1. The molecule has 1 spiro atoms. The normalized spacial score (nSPS) is 28.4. The molecule has 0 unspecified atom stereocenters. The van der Waals surface area contributed by atoms with Crippen LogP contribution in [0.15, 0.2) is 0 Å². The van der Waals surface area contributed by atoms with Gasteiger partial charge in [0.1, 0.15) is 5.78 Å². The summed E-state index contributed by atoms with van der Waals surface area (Å²) in [6, 6.07) is -0.0148. The van der Waals surface area contributed by atoms with Crippen LogP contribution in [0.1, 0.15) is 64.2 Å². The largest absolute Gasteiger partial charge is 0.300 e. The summed E-state index contributed by atoms with van der Waals surface area (Å²) in [5, 5.41) is 0. The van der Waals surface area contributed by atoms with Crippen molar-refractivity contribution in [2.45, 2.75) is 70.3 Å². The Morgan fingerprint density at radius 3 is 2.21 bits per heavy atom. The first-order valence-corrected chi connectivity index (χ1v) is 7.51. The second-order valence-corrected chi connectivity index (χ2v) is 6.36. The number of imide groups is 1. The lowest BCUT2D eigenvalue weighted by Gasteiger charge is -2.33. The van der Waals surface area contributed by atoms with E-state index in [-0.39, 0.29) is 29.1 Å². The summed E-state index contributed by atoms with van der Waals surface area (Å²) < 4.78 is 0. The molecule has 1 aliphatic heterocycles. The van der Waals surface area contributed by atoms with Crippen LogP contribution in [-0.2, 0) is 14.4 Å². The quantitative estimate of drug-likeness (QED) is 0.681. The highest BCUT2D eigenvalue weighted by molar-refractivity contribution is 6.06. The molecule has 1 saturated heterocycles. The van der Waals surface area contributed by atoms with Gasteiger partial charge < -0.3 is 0 Å². The fourth-order valence-electron chi connectivity index (χ4n) is 3.99. The highest BCUT2D eigenvalue weighted by Crippen LogP contribution is 2.46. The number of amides is 2. The fourth-order valence-corrected chi connectivity index (χ4v) is 3.99. The molecule has 19 heavy (non-hydrogen) atoms. The van der Waals surface area contributed by atoms with E-state index in [1.54, 1.807) is 0 Å². The minimum absolute atomic E-state index is 0.00579. The summed E-state index contributed by atoms with van der Waals surface area (Å²) in [5.74, 6) is 0.338. The zero-order valence-corrected chi connectivity index (χ0v) is 11.3. The van der Waals surface area contributed by atoms with E-state index >= 15 is 0 Å². The molecule has 1 heterocycles. The average molecular weight is 263 g/mol. The molecule has 0 N–H and O–H groups in total. The van der Waals surface area contributed by atoms with Crippen molar-refractivity contribution in [2.24, 2.45) is 5.41 Å². The highest BCUT2D eigenvalue weighted by Gasteiger charge is 2.53. The molecule has 0 radical (unpaired) electrons. The first-order valence-electron chi connectivity index (χ1n) is 7.51. The van der Waals surface area contributed by atoms with Crippen molar-refractivity contribution in [2.75, 3.05) is 0 Å². The maximum atomic E-state index is 12.7. The first kappa shape index (κ1) is 12.8. The summed E-state index contributed by atoms with van der Waals surface area (Å²) >= 11 is 0. The number of ketones is 1. The topological polar surface area (TPSA) is 54.5 Å². The molecule has 0 bridgehead atoms. The number of hydrogen-bond acceptors (Lipinski definition) is 3. The van der Waals surface area contributed by atoms with Crippen molar-refractivity contribution in [1.82, 2.24) is 4.90 Å². The second kappa shape index (κ2) is 4.73. The van der Waals surface area contributed by atoms with E-state index in [0.717, 1.165) is 25.7 Å². The van der Waals surface area contributed by atoms with E-state index in [0.29, 0.717) is 32.1 Å². The molecule has 2 amide bonds. The summed E-state index contributed by atoms with van der Waals surface area (Å²) in [6.07, 6.45) is 7.87. The molecule has 2 aliphatic carbocycles. The van der Waals surface area contributed by atoms with Crippen LogP contribution in [0.3, 0.4) is 0 Å². The minimum atomic E-state index is -0.378. The Kier molecular flexibility index (Phi) is 3.19. The van der Waals surface area contributed by atoms with Gasteiger partial charge in [0.2, 0.25) is 11.8 Å². The summed E-state index contributed by atoms with van der Waals surface area (Å²) in [6.45, 7) is 0. The summed E-state index contributed by atoms with van der Waals surface area (Å²) in [7, 11) is 0. The van der Waals surface area contributed by atoms with Crippen LogP contribution < -0.4 is 0 Å². The maximum absolute atomic E-state index is 12.7. The molecule has 3 fully saturated rings. The van der Waals surface area contributed by atoms with Crippen LogP contribution in [0.5, 0.6) is 0 Å². The van der Waals surface area contributed by atoms with Gasteiger partial charge in [0, 0.05) is 25.3 Å². The van der Waals surface area contributed by atoms with Crippen LogP contribution in [0.2, 0.25) is 0 Å². The van der Waals surface area contributed by atoms with Crippen molar-refractivity contribution in [3.05, 3.63) is 0 Å². The third-order valence-electron chi connectivity index (χ3n) is 5.12. The third kappa shape index (κ3) is 2.11. The van der Waals surface area contributed by atoms with E-state index in [4.69, 9.17) is 0 Å². The van der Waals surface area contributed by atoms with E-state index < -0.39 is 0 Å². The monoisotopic (exact) mass is 263 g/mol. The van der Waals surface area contributed by atoms with Crippen LogP contribution in [0.4, 0.5) is 0 Å². The Labute approximate surface area is 113 Å². The zero-order chi connectivity index (χ0) is 13.5. The molecule has 4 nitrogen and oxygen atoms in total. The third-order valence-corrected chi connectivity index (χ3v) is 5.12. The van der Waals surface area contributed by atoms with E-state index in [1.807, 2.05) is 0 Å².